The average Bonchev–Trinajstić information content (AvgIpc) is 2.51. The van der Waals surface area contributed by atoms with E-state index in [2.05, 4.69) is 37.5 Å². The van der Waals surface area contributed by atoms with Gasteiger partial charge in [-0.2, -0.15) is 5.10 Å². The van der Waals surface area contributed by atoms with Gasteiger partial charge in [0.05, 0.1) is 6.04 Å². The Bertz CT molecular complexity index is 154. The molecule has 12 heavy (non-hydrogen) atoms. The van der Waals surface area contributed by atoms with E-state index in [1.807, 2.05) is 0 Å². The Labute approximate surface area is 75.4 Å². The van der Waals surface area contributed by atoms with Gasteiger partial charge in [0.25, 0.3) is 0 Å². The van der Waals surface area contributed by atoms with Crippen LogP contribution >= 0.6 is 0 Å². The van der Waals surface area contributed by atoms with Crippen molar-refractivity contribution in [2.24, 2.45) is 16.9 Å². The van der Waals surface area contributed by atoms with Crippen molar-refractivity contribution in [1.29, 1.82) is 0 Å². The molecule has 0 radical (unpaired) electrons. The molecule has 3 unspecified atom stereocenters. The predicted molar refractivity (Wildman–Crippen MR) is 53.3 cm³/mol. The second-order valence-electron chi connectivity index (χ2n) is 3.83. The quantitative estimate of drug-likeness (QED) is 0.685. The molecule has 1 N–H and O–H groups in total. The van der Waals surface area contributed by atoms with Crippen LogP contribution in [0.15, 0.2) is 5.10 Å². The molecule has 3 atom stereocenters. The van der Waals surface area contributed by atoms with Crippen LogP contribution in [-0.4, -0.2) is 12.3 Å². The molecule has 0 aromatic heterocycles. The van der Waals surface area contributed by atoms with Gasteiger partial charge in [-0.15, -0.1) is 0 Å². The summed E-state index contributed by atoms with van der Waals surface area (Å²) in [7, 11) is 0. The predicted octanol–water partition coefficient (Wildman–Crippen LogP) is 2.41. The third-order valence-electron chi connectivity index (χ3n) is 2.83. The highest BCUT2D eigenvalue weighted by Crippen LogP contribution is 2.21. The summed E-state index contributed by atoms with van der Waals surface area (Å²) in [6.45, 7) is 6.79. The fraction of sp³-hybridized carbons (Fsp3) is 0.900. The van der Waals surface area contributed by atoms with Crippen molar-refractivity contribution in [2.75, 3.05) is 0 Å². The van der Waals surface area contributed by atoms with Crippen LogP contribution in [-0.2, 0) is 0 Å². The average molecular weight is 168 g/mol. The van der Waals surface area contributed by atoms with Gasteiger partial charge in [-0.25, -0.2) is 0 Å². The van der Waals surface area contributed by atoms with E-state index < -0.39 is 0 Å². The first-order valence-corrected chi connectivity index (χ1v) is 5.06. The van der Waals surface area contributed by atoms with Crippen LogP contribution in [0.3, 0.4) is 0 Å². The van der Waals surface area contributed by atoms with Crippen molar-refractivity contribution in [3.05, 3.63) is 0 Å². The number of hydrogen-bond donors (Lipinski definition) is 1. The molecule has 70 valence electrons. The molecule has 0 amide bonds. The molecule has 0 spiro atoms. The van der Waals surface area contributed by atoms with Crippen LogP contribution < -0.4 is 5.43 Å². The zero-order valence-electron chi connectivity index (χ0n) is 8.38. The topological polar surface area (TPSA) is 24.4 Å². The zero-order chi connectivity index (χ0) is 8.97. The van der Waals surface area contributed by atoms with Crippen molar-refractivity contribution < 1.29 is 0 Å². The van der Waals surface area contributed by atoms with Crippen molar-refractivity contribution in [2.45, 2.75) is 46.1 Å². The lowest BCUT2D eigenvalue weighted by Gasteiger charge is -2.18. The Balaban J connectivity index is 2.35. The van der Waals surface area contributed by atoms with Gasteiger partial charge in [0.2, 0.25) is 0 Å². The van der Waals surface area contributed by atoms with Crippen LogP contribution in [0.1, 0.15) is 40.0 Å². The van der Waals surface area contributed by atoms with Crippen molar-refractivity contribution >= 4 is 6.21 Å². The Morgan fingerprint density at radius 1 is 1.50 bits per heavy atom. The second kappa shape index (κ2) is 4.48. The molecular weight excluding hydrogens is 148 g/mol. The molecule has 0 saturated heterocycles. The summed E-state index contributed by atoms with van der Waals surface area (Å²) in [6, 6.07) is 0.596. The highest BCUT2D eigenvalue weighted by molar-refractivity contribution is 5.63. The highest BCUT2D eigenvalue weighted by Gasteiger charge is 2.23. The standard InChI is InChI=1S/C10H20N2/c1-4-8(3)6-9-7-11-12-10(9)5-2/h7-10,12H,4-6H2,1-3H3. The summed E-state index contributed by atoms with van der Waals surface area (Å²) < 4.78 is 0. The van der Waals surface area contributed by atoms with Crippen LogP contribution in [0, 0.1) is 11.8 Å². The van der Waals surface area contributed by atoms with Gasteiger partial charge in [0, 0.05) is 12.1 Å². The maximum Gasteiger partial charge on any atom is 0.0515 e. The van der Waals surface area contributed by atoms with E-state index in [1.165, 1.54) is 19.3 Å². The smallest absolute Gasteiger partial charge is 0.0515 e. The lowest BCUT2D eigenvalue weighted by atomic mass is 9.89. The molecule has 0 aromatic carbocycles. The summed E-state index contributed by atoms with van der Waals surface area (Å²) in [6.07, 6.45) is 5.83. The molecule has 1 heterocycles. The van der Waals surface area contributed by atoms with Crippen molar-refractivity contribution in [3.8, 4) is 0 Å². The van der Waals surface area contributed by atoms with E-state index in [9.17, 15) is 0 Å². The van der Waals surface area contributed by atoms with Crippen LogP contribution in [0.5, 0.6) is 0 Å². The van der Waals surface area contributed by atoms with Gasteiger partial charge in [-0.3, -0.25) is 0 Å². The molecule has 1 aliphatic rings. The molecule has 2 nitrogen and oxygen atoms in total. The fourth-order valence-corrected chi connectivity index (χ4v) is 1.68. The summed E-state index contributed by atoms with van der Waals surface area (Å²) >= 11 is 0. The fourth-order valence-electron chi connectivity index (χ4n) is 1.68. The number of rotatable bonds is 4. The Hall–Kier alpha value is -0.530. The summed E-state index contributed by atoms with van der Waals surface area (Å²) in [5.41, 5.74) is 3.16. The van der Waals surface area contributed by atoms with E-state index in [1.54, 1.807) is 0 Å². The highest BCUT2D eigenvalue weighted by atomic mass is 15.3. The van der Waals surface area contributed by atoms with E-state index in [0.29, 0.717) is 12.0 Å². The SMILES string of the molecule is CCC(C)CC1C=NNC1CC. The van der Waals surface area contributed by atoms with Crippen molar-refractivity contribution in [3.63, 3.8) is 0 Å². The number of hydrazone groups is 1. The lowest BCUT2D eigenvalue weighted by Crippen LogP contribution is -2.27. The maximum absolute atomic E-state index is 4.13. The minimum atomic E-state index is 0.596. The van der Waals surface area contributed by atoms with Crippen LogP contribution in [0.4, 0.5) is 0 Å². The summed E-state index contributed by atoms with van der Waals surface area (Å²) in [5.74, 6) is 1.50. The molecule has 0 saturated carbocycles. The minimum absolute atomic E-state index is 0.596. The number of nitrogens with one attached hydrogen (secondary N) is 1. The van der Waals surface area contributed by atoms with Gasteiger partial charge < -0.3 is 5.43 Å². The van der Waals surface area contributed by atoms with E-state index in [0.717, 1.165) is 5.92 Å². The summed E-state index contributed by atoms with van der Waals surface area (Å²) in [4.78, 5) is 0. The van der Waals surface area contributed by atoms with Gasteiger partial charge in [0.1, 0.15) is 0 Å². The minimum Gasteiger partial charge on any atom is -0.307 e. The van der Waals surface area contributed by atoms with E-state index in [-0.39, 0.29) is 0 Å². The molecule has 0 fully saturated rings. The number of hydrogen-bond acceptors (Lipinski definition) is 2. The molecule has 0 aromatic rings. The third kappa shape index (κ3) is 2.23. The largest absolute Gasteiger partial charge is 0.307 e. The van der Waals surface area contributed by atoms with Gasteiger partial charge in [0.15, 0.2) is 0 Å². The first-order valence-electron chi connectivity index (χ1n) is 5.06. The maximum atomic E-state index is 4.13. The van der Waals surface area contributed by atoms with Crippen LogP contribution in [0.25, 0.3) is 0 Å². The molecule has 1 rings (SSSR count). The molecule has 1 aliphatic heterocycles. The molecular formula is C10H20N2. The normalized spacial score (nSPS) is 30.2. The van der Waals surface area contributed by atoms with Gasteiger partial charge >= 0.3 is 0 Å². The van der Waals surface area contributed by atoms with Gasteiger partial charge in [-0.1, -0.05) is 27.2 Å². The van der Waals surface area contributed by atoms with E-state index in [4.69, 9.17) is 0 Å². The Morgan fingerprint density at radius 2 is 2.25 bits per heavy atom. The molecule has 0 bridgehead atoms. The van der Waals surface area contributed by atoms with Crippen molar-refractivity contribution in [1.82, 2.24) is 5.43 Å². The zero-order valence-corrected chi connectivity index (χ0v) is 8.38. The first kappa shape index (κ1) is 9.56. The second-order valence-corrected chi connectivity index (χ2v) is 3.83. The number of nitrogens with zero attached hydrogens (tertiary/aromatic N) is 1. The Kier molecular flexibility index (Phi) is 3.57. The lowest BCUT2D eigenvalue weighted by molar-refractivity contribution is 0.380. The summed E-state index contributed by atoms with van der Waals surface area (Å²) in [5, 5.41) is 4.13. The molecule has 2 heteroatoms. The van der Waals surface area contributed by atoms with Crippen LogP contribution in [0.2, 0.25) is 0 Å². The first-order chi connectivity index (χ1) is 5.77. The monoisotopic (exact) mass is 168 g/mol. The Morgan fingerprint density at radius 3 is 2.83 bits per heavy atom. The van der Waals surface area contributed by atoms with E-state index >= 15 is 0 Å². The third-order valence-corrected chi connectivity index (χ3v) is 2.83. The van der Waals surface area contributed by atoms with Gasteiger partial charge in [-0.05, 0) is 18.8 Å². The molecule has 0 aliphatic carbocycles.